The third-order valence-corrected chi connectivity index (χ3v) is 5.86. The van der Waals surface area contributed by atoms with E-state index in [9.17, 15) is 4.79 Å². The van der Waals surface area contributed by atoms with E-state index in [4.69, 9.17) is 32.7 Å². The quantitative estimate of drug-likeness (QED) is 0.308. The number of halogens is 2. The Balaban J connectivity index is 1.56. The molecule has 158 valence electrons. The van der Waals surface area contributed by atoms with Crippen LogP contribution in [0.2, 0.25) is 10.0 Å². The molecule has 0 saturated carbocycles. The minimum absolute atomic E-state index is 0.440. The zero-order chi connectivity index (χ0) is 21.8. The summed E-state index contributed by atoms with van der Waals surface area (Å²) in [5.41, 5.74) is 2.04. The average molecular weight is 473 g/mol. The molecule has 31 heavy (non-hydrogen) atoms. The number of ether oxygens (including phenoxy) is 2. The summed E-state index contributed by atoms with van der Waals surface area (Å²) in [5.74, 6) is 0.394. The van der Waals surface area contributed by atoms with Gasteiger partial charge in [-0.3, -0.25) is 10.1 Å². The van der Waals surface area contributed by atoms with Crippen molar-refractivity contribution < 1.29 is 14.3 Å². The minimum atomic E-state index is -1.25. The van der Waals surface area contributed by atoms with Crippen molar-refractivity contribution in [1.29, 1.82) is 0 Å². The number of aryl methyl sites for hydroxylation is 1. The first-order valence-corrected chi connectivity index (χ1v) is 11.1. The van der Waals surface area contributed by atoms with E-state index in [1.807, 2.05) is 12.1 Å². The predicted octanol–water partition coefficient (Wildman–Crippen LogP) is 6.59. The molecule has 0 saturated heterocycles. The lowest BCUT2D eigenvalue weighted by Crippen LogP contribution is -2.38. The van der Waals surface area contributed by atoms with E-state index >= 15 is 0 Å². The van der Waals surface area contributed by atoms with Gasteiger partial charge < -0.3 is 9.47 Å². The van der Waals surface area contributed by atoms with Gasteiger partial charge >= 0.3 is 12.2 Å². The summed E-state index contributed by atoms with van der Waals surface area (Å²) in [4.78, 5) is 17.5. The van der Waals surface area contributed by atoms with Gasteiger partial charge in [-0.15, -0.1) is 0 Å². The molecule has 5 nitrogen and oxygen atoms in total. The number of nitrogens with one attached hydrogen (secondary N) is 1. The van der Waals surface area contributed by atoms with E-state index in [1.54, 1.807) is 48.5 Å². The highest BCUT2D eigenvalue weighted by atomic mass is 35.5. The Morgan fingerprint density at radius 2 is 1.55 bits per heavy atom. The first-order valence-electron chi connectivity index (χ1n) is 9.55. The van der Waals surface area contributed by atoms with Crippen molar-refractivity contribution >= 4 is 55.8 Å². The first kappa shape index (κ1) is 21.4. The second-order valence-corrected chi connectivity index (χ2v) is 8.54. The van der Waals surface area contributed by atoms with Gasteiger partial charge in [-0.05, 0) is 72.6 Å². The van der Waals surface area contributed by atoms with Crippen LogP contribution in [-0.4, -0.2) is 17.2 Å². The largest absolute Gasteiger partial charge is 0.446 e. The van der Waals surface area contributed by atoms with Crippen LogP contribution >= 0.6 is 34.5 Å². The number of hydrogen-bond donors (Lipinski definition) is 1. The summed E-state index contributed by atoms with van der Waals surface area (Å²) in [7, 11) is 0. The number of nitrogens with zero attached hydrogens (tertiary/aromatic N) is 1. The lowest BCUT2D eigenvalue weighted by Gasteiger charge is -2.19. The predicted molar refractivity (Wildman–Crippen MR) is 126 cm³/mol. The molecule has 3 aromatic carbocycles. The molecule has 0 bridgehead atoms. The van der Waals surface area contributed by atoms with Crippen LogP contribution in [0.25, 0.3) is 10.2 Å². The van der Waals surface area contributed by atoms with Gasteiger partial charge in [0.1, 0.15) is 11.5 Å². The van der Waals surface area contributed by atoms with Crippen LogP contribution in [0.15, 0.2) is 66.7 Å². The van der Waals surface area contributed by atoms with Gasteiger partial charge in [0.05, 0.1) is 10.2 Å². The molecule has 1 amide bonds. The number of carbonyl (C=O) groups is 1. The molecule has 0 spiro atoms. The number of aromatic nitrogens is 1. The van der Waals surface area contributed by atoms with Gasteiger partial charge in [0.15, 0.2) is 5.13 Å². The maximum Gasteiger partial charge on any atom is 0.321 e. The summed E-state index contributed by atoms with van der Waals surface area (Å²) < 4.78 is 12.6. The van der Waals surface area contributed by atoms with Crippen molar-refractivity contribution in [1.82, 2.24) is 4.98 Å². The third-order valence-electron chi connectivity index (χ3n) is 4.42. The Morgan fingerprint density at radius 3 is 2.10 bits per heavy atom. The number of amides is 1. The fourth-order valence-corrected chi connectivity index (χ4v) is 4.00. The molecular weight excluding hydrogens is 455 g/mol. The number of carbonyl (C=O) groups excluding carboxylic acids is 1. The molecule has 0 aliphatic rings. The number of fused-ring (bicyclic) bond motifs is 1. The Labute approximate surface area is 193 Å². The molecule has 1 aromatic heterocycles. The number of rotatable bonds is 7. The van der Waals surface area contributed by atoms with E-state index in [1.165, 1.54) is 16.9 Å². The third kappa shape index (κ3) is 5.47. The Bertz CT molecular complexity index is 1150. The van der Waals surface area contributed by atoms with Crippen LogP contribution < -0.4 is 14.8 Å². The monoisotopic (exact) mass is 472 g/mol. The Hall–Kier alpha value is -2.80. The minimum Gasteiger partial charge on any atom is -0.446 e. The van der Waals surface area contributed by atoms with Crippen LogP contribution in [0, 0.1) is 0 Å². The summed E-state index contributed by atoms with van der Waals surface area (Å²) >= 11 is 13.3. The van der Waals surface area contributed by atoms with Gasteiger partial charge in [0.25, 0.3) is 0 Å². The maximum absolute atomic E-state index is 13.0. The number of anilines is 1. The van der Waals surface area contributed by atoms with E-state index in [0.29, 0.717) is 26.7 Å². The van der Waals surface area contributed by atoms with Crippen LogP contribution in [0.4, 0.5) is 5.13 Å². The summed E-state index contributed by atoms with van der Waals surface area (Å²) in [6.45, 7) is 2.09. The zero-order valence-corrected chi connectivity index (χ0v) is 18.8. The fourth-order valence-electron chi connectivity index (χ4n) is 2.81. The van der Waals surface area contributed by atoms with Crippen LogP contribution in [0.3, 0.4) is 0 Å². The van der Waals surface area contributed by atoms with E-state index < -0.39 is 12.2 Å². The fraction of sp³-hybridized carbons (Fsp3) is 0.130. The molecule has 1 N–H and O–H groups in total. The highest BCUT2D eigenvalue weighted by Crippen LogP contribution is 2.28. The molecule has 0 radical (unpaired) electrons. The molecule has 0 unspecified atom stereocenters. The number of benzene rings is 3. The molecule has 1 heterocycles. The van der Waals surface area contributed by atoms with E-state index in [2.05, 4.69) is 23.3 Å². The van der Waals surface area contributed by atoms with E-state index in [0.717, 1.165) is 16.6 Å². The van der Waals surface area contributed by atoms with Crippen LogP contribution in [0.1, 0.15) is 12.5 Å². The lowest BCUT2D eigenvalue weighted by molar-refractivity contribution is -0.134. The molecule has 4 aromatic rings. The highest BCUT2D eigenvalue weighted by molar-refractivity contribution is 7.22. The number of hydrogen-bond acceptors (Lipinski definition) is 5. The van der Waals surface area contributed by atoms with Crippen molar-refractivity contribution in [2.24, 2.45) is 0 Å². The van der Waals surface area contributed by atoms with Crippen molar-refractivity contribution in [3.63, 3.8) is 0 Å². The topological polar surface area (TPSA) is 60.5 Å². The molecule has 8 heteroatoms. The van der Waals surface area contributed by atoms with Gasteiger partial charge in [-0.2, -0.15) is 0 Å². The van der Waals surface area contributed by atoms with Gasteiger partial charge in [0.2, 0.25) is 0 Å². The van der Waals surface area contributed by atoms with Crippen molar-refractivity contribution in [2.75, 3.05) is 5.32 Å². The smallest absolute Gasteiger partial charge is 0.321 e. The number of thiazole rings is 1. The average Bonchev–Trinajstić information content (AvgIpc) is 3.17. The van der Waals surface area contributed by atoms with Gasteiger partial charge in [-0.25, -0.2) is 4.98 Å². The van der Waals surface area contributed by atoms with Crippen molar-refractivity contribution in [3.05, 3.63) is 82.3 Å². The maximum atomic E-state index is 13.0. The normalized spacial score (nSPS) is 11.0. The SMILES string of the molecule is CCc1ccc2nc(NC(=O)C(Oc3ccc(Cl)cc3)Oc3ccc(Cl)cc3)sc2c1. The molecule has 4 rings (SSSR count). The molecule has 0 fully saturated rings. The van der Waals surface area contributed by atoms with Gasteiger partial charge in [-0.1, -0.05) is 47.5 Å². The lowest BCUT2D eigenvalue weighted by atomic mass is 10.2. The van der Waals surface area contributed by atoms with Crippen LogP contribution in [-0.2, 0) is 11.2 Å². The molecule has 0 aliphatic carbocycles. The highest BCUT2D eigenvalue weighted by Gasteiger charge is 2.24. The molecular formula is C23H18Cl2N2O3S. The summed E-state index contributed by atoms with van der Waals surface area (Å²) in [6, 6.07) is 19.4. The summed E-state index contributed by atoms with van der Waals surface area (Å²) in [6.07, 6.45) is -0.317. The molecule has 0 aliphatic heterocycles. The second kappa shape index (κ2) is 9.56. The Morgan fingerprint density at radius 1 is 0.968 bits per heavy atom. The van der Waals surface area contributed by atoms with Gasteiger partial charge in [0, 0.05) is 10.0 Å². The van der Waals surface area contributed by atoms with Crippen LogP contribution in [0.5, 0.6) is 11.5 Å². The van der Waals surface area contributed by atoms with E-state index in [-0.39, 0.29) is 0 Å². The van der Waals surface area contributed by atoms with Crippen molar-refractivity contribution in [2.45, 2.75) is 19.6 Å². The zero-order valence-electron chi connectivity index (χ0n) is 16.5. The molecule has 0 atom stereocenters. The summed E-state index contributed by atoms with van der Waals surface area (Å²) in [5, 5.41) is 4.39. The standard InChI is InChI=1S/C23H18Cl2N2O3S/c1-2-14-3-12-19-20(13-14)31-23(26-19)27-21(28)22(29-17-8-4-15(24)5-9-17)30-18-10-6-16(25)7-11-18/h3-13,22H,2H2,1H3,(H,26,27,28). The Kier molecular flexibility index (Phi) is 6.61. The second-order valence-electron chi connectivity index (χ2n) is 6.64. The van der Waals surface area contributed by atoms with Crippen molar-refractivity contribution in [3.8, 4) is 11.5 Å². The first-order chi connectivity index (χ1) is 15.0.